The molecule has 1 fully saturated rings. The van der Waals surface area contributed by atoms with Gasteiger partial charge in [0.05, 0.1) is 18.1 Å². The average molecular weight is 512 g/mol. The fourth-order valence-electron chi connectivity index (χ4n) is 4.40. The minimum Gasteiger partial charge on any atom is -0.496 e. The van der Waals surface area contributed by atoms with Crippen LogP contribution < -0.4 is 21.3 Å². The molecule has 4 aromatic rings. The lowest BCUT2D eigenvalue weighted by atomic mass is 10.1. The van der Waals surface area contributed by atoms with Gasteiger partial charge in [0.1, 0.15) is 28.8 Å². The number of aromatic amines is 1. The second-order valence-electron chi connectivity index (χ2n) is 8.84. The summed E-state index contributed by atoms with van der Waals surface area (Å²) in [4.78, 5) is 25.2. The van der Waals surface area contributed by atoms with Crippen molar-refractivity contribution in [2.75, 3.05) is 12.8 Å². The molecule has 9 nitrogen and oxygen atoms in total. The van der Waals surface area contributed by atoms with Crippen molar-refractivity contribution in [2.24, 2.45) is 5.92 Å². The van der Waals surface area contributed by atoms with Crippen molar-refractivity contribution in [2.45, 2.75) is 31.9 Å². The zero-order valence-electron chi connectivity index (χ0n) is 19.7. The van der Waals surface area contributed by atoms with Crippen LogP contribution in [0.15, 0.2) is 47.3 Å². The Morgan fingerprint density at radius 1 is 1.24 bits per heavy atom. The quantitative estimate of drug-likeness (QED) is 0.331. The van der Waals surface area contributed by atoms with Crippen molar-refractivity contribution in [3.63, 3.8) is 0 Å². The number of ether oxygens (including phenoxy) is 1. The Hall–Kier alpha value is -4.35. The number of carbonyl (C=O) groups excluding carboxylic acids is 1. The van der Waals surface area contributed by atoms with Gasteiger partial charge in [-0.1, -0.05) is 24.3 Å². The Labute approximate surface area is 208 Å². The summed E-state index contributed by atoms with van der Waals surface area (Å²) in [5.41, 5.74) is 6.92. The van der Waals surface area contributed by atoms with Crippen molar-refractivity contribution < 1.29 is 22.7 Å². The number of carbonyl (C=O) groups is 1. The van der Waals surface area contributed by atoms with Gasteiger partial charge in [0.15, 0.2) is 5.82 Å². The third-order valence-corrected chi connectivity index (χ3v) is 6.39. The van der Waals surface area contributed by atoms with Crippen molar-refractivity contribution in [3.8, 4) is 17.0 Å². The maximum absolute atomic E-state index is 14.0. The van der Waals surface area contributed by atoms with Crippen LogP contribution in [0, 0.1) is 11.7 Å². The maximum atomic E-state index is 14.0. The molecule has 0 spiro atoms. The Balaban J connectivity index is 1.44. The number of amides is 1. The molecule has 1 unspecified atom stereocenters. The van der Waals surface area contributed by atoms with Gasteiger partial charge < -0.3 is 15.8 Å². The predicted molar refractivity (Wildman–Crippen MR) is 130 cm³/mol. The van der Waals surface area contributed by atoms with Gasteiger partial charge in [-0.15, -0.1) is 0 Å². The smallest absolute Gasteiger partial charge is 0.290 e. The third-order valence-electron chi connectivity index (χ3n) is 6.39. The highest BCUT2D eigenvalue weighted by atomic mass is 19.3. The highest BCUT2D eigenvalue weighted by Gasteiger charge is 2.41. The van der Waals surface area contributed by atoms with E-state index in [0.717, 1.165) is 10.7 Å². The lowest BCUT2D eigenvalue weighted by Crippen LogP contribution is -2.24. The van der Waals surface area contributed by atoms with Gasteiger partial charge >= 0.3 is 0 Å². The van der Waals surface area contributed by atoms with Gasteiger partial charge in [0, 0.05) is 12.1 Å². The summed E-state index contributed by atoms with van der Waals surface area (Å²) in [5, 5.41) is 13.4. The van der Waals surface area contributed by atoms with Crippen molar-refractivity contribution in [3.05, 3.63) is 69.8 Å². The van der Waals surface area contributed by atoms with E-state index in [-0.39, 0.29) is 46.2 Å². The number of methoxy groups -OCH3 is 1. The van der Waals surface area contributed by atoms with Crippen LogP contribution >= 0.6 is 0 Å². The molecule has 5 rings (SSSR count). The lowest BCUT2D eigenvalue weighted by molar-refractivity contribution is 0.0672. The molecule has 2 aromatic carbocycles. The predicted octanol–water partition coefficient (Wildman–Crippen LogP) is 3.66. The molecule has 12 heteroatoms. The number of rotatable bonds is 8. The number of nitrogens with two attached hydrogens (primary N) is 1. The Bertz CT molecular complexity index is 1530. The molecule has 37 heavy (non-hydrogen) atoms. The molecule has 1 aliphatic carbocycles. The molecular formula is C25H23F3N6O3. The summed E-state index contributed by atoms with van der Waals surface area (Å²) >= 11 is 0. The van der Waals surface area contributed by atoms with Gasteiger partial charge in [0.25, 0.3) is 17.9 Å². The summed E-state index contributed by atoms with van der Waals surface area (Å²) in [5.74, 6) is -1.13. The summed E-state index contributed by atoms with van der Waals surface area (Å²) in [7, 11) is 1.39. The molecule has 1 atom stereocenters. The first-order valence-corrected chi connectivity index (χ1v) is 11.5. The molecule has 4 N–H and O–H groups in total. The van der Waals surface area contributed by atoms with E-state index in [0.29, 0.717) is 24.0 Å². The lowest BCUT2D eigenvalue weighted by Gasteiger charge is -2.16. The van der Waals surface area contributed by atoms with E-state index in [1.165, 1.54) is 19.2 Å². The number of aromatic nitrogens is 4. The zero-order chi connectivity index (χ0) is 26.3. The van der Waals surface area contributed by atoms with Crippen molar-refractivity contribution in [1.82, 2.24) is 25.3 Å². The number of H-pyrrole nitrogens is 1. The first-order chi connectivity index (χ1) is 17.8. The number of nitrogen functional groups attached to an aromatic ring is 1. The monoisotopic (exact) mass is 512 g/mol. The topological polar surface area (TPSA) is 128 Å². The highest BCUT2D eigenvalue weighted by Crippen LogP contribution is 2.44. The number of halogens is 3. The van der Waals surface area contributed by atoms with E-state index in [1.807, 2.05) is 0 Å². The number of benzene rings is 2. The van der Waals surface area contributed by atoms with E-state index in [9.17, 15) is 22.8 Å². The number of nitrogens with one attached hydrogen (secondary N) is 2. The van der Waals surface area contributed by atoms with Crippen molar-refractivity contribution in [1.29, 1.82) is 0 Å². The van der Waals surface area contributed by atoms with Crippen LogP contribution in [0.25, 0.3) is 22.2 Å². The van der Waals surface area contributed by atoms with E-state index in [1.54, 1.807) is 24.3 Å². The normalized spacial score (nSPS) is 14.2. The fraction of sp³-hybridized carbons (Fsp3) is 0.280. The summed E-state index contributed by atoms with van der Waals surface area (Å²) in [6, 6.07) is 9.22. The summed E-state index contributed by atoms with van der Waals surface area (Å²) in [6.45, 7) is 0.131. The molecule has 1 amide bonds. The Morgan fingerprint density at radius 2 is 1.97 bits per heavy atom. The van der Waals surface area contributed by atoms with Gasteiger partial charge in [0.2, 0.25) is 0 Å². The molecule has 0 radical (unpaired) electrons. The van der Waals surface area contributed by atoms with Gasteiger partial charge in [-0.05, 0) is 42.5 Å². The Kier molecular flexibility index (Phi) is 6.32. The summed E-state index contributed by atoms with van der Waals surface area (Å²) < 4.78 is 47.7. The van der Waals surface area contributed by atoms with Crippen molar-refractivity contribution >= 4 is 22.6 Å². The van der Waals surface area contributed by atoms with Crippen LogP contribution in [0.5, 0.6) is 5.75 Å². The van der Waals surface area contributed by atoms with E-state index in [2.05, 4.69) is 20.6 Å². The third kappa shape index (κ3) is 4.61. The maximum Gasteiger partial charge on any atom is 0.290 e. The van der Waals surface area contributed by atoms with Gasteiger partial charge in [-0.2, -0.15) is 10.2 Å². The molecular weight excluding hydrogens is 489 g/mol. The fourth-order valence-corrected chi connectivity index (χ4v) is 4.40. The minimum atomic E-state index is -2.71. The molecule has 2 aromatic heterocycles. The van der Waals surface area contributed by atoms with Gasteiger partial charge in [-0.25, -0.2) is 23.0 Å². The first-order valence-electron chi connectivity index (χ1n) is 11.5. The number of nitrogens with zero attached hydrogens (tertiary/aromatic N) is 3. The molecule has 0 saturated heterocycles. The van der Waals surface area contributed by atoms with E-state index < -0.39 is 29.8 Å². The van der Waals surface area contributed by atoms with E-state index in [4.69, 9.17) is 10.5 Å². The number of fused-ring (bicyclic) bond motifs is 1. The van der Waals surface area contributed by atoms with Crippen LogP contribution in [-0.2, 0) is 6.54 Å². The molecule has 2 heterocycles. The molecule has 192 valence electrons. The first kappa shape index (κ1) is 24.3. The number of hydrogen-bond acceptors (Lipinski definition) is 6. The second kappa shape index (κ2) is 9.60. The molecule has 0 aliphatic heterocycles. The SMILES string of the molecule is COc1ccc(F)cc1C(=O)NCc1ccc(-c2nn(C(C(F)F)C3CC3)c3c(=O)[nH]nc(N)c23)cc1. The standard InChI is InChI=1S/C25H23F3N6O3/c1-37-17-9-8-15(26)10-16(17)24(35)30-11-12-2-4-13(5-3-12)19-18-21(25(36)32-31-23(18)29)34(33-19)20(22(27)28)14-6-7-14/h2-5,8-10,14,20,22H,6-7,11H2,1H3,(H2,29,31)(H,30,35)(H,32,36). The Morgan fingerprint density at radius 3 is 2.62 bits per heavy atom. The van der Waals surface area contributed by atoms with Crippen LogP contribution in [0.3, 0.4) is 0 Å². The zero-order valence-corrected chi connectivity index (χ0v) is 19.7. The number of anilines is 1. The second-order valence-corrected chi connectivity index (χ2v) is 8.84. The largest absolute Gasteiger partial charge is 0.496 e. The van der Waals surface area contributed by atoms with E-state index >= 15 is 0 Å². The van der Waals surface area contributed by atoms with Crippen LogP contribution in [0.4, 0.5) is 19.0 Å². The summed E-state index contributed by atoms with van der Waals surface area (Å²) in [6.07, 6.45) is -1.45. The minimum absolute atomic E-state index is 0.0277. The number of hydrogen-bond donors (Lipinski definition) is 3. The van der Waals surface area contributed by atoms with Crippen LogP contribution in [-0.4, -0.2) is 39.4 Å². The van der Waals surface area contributed by atoms with Crippen LogP contribution in [0.1, 0.15) is 34.8 Å². The molecule has 0 bridgehead atoms. The van der Waals surface area contributed by atoms with Gasteiger partial charge in [-0.3, -0.25) is 9.59 Å². The molecule has 1 aliphatic rings. The molecule has 1 saturated carbocycles. The highest BCUT2D eigenvalue weighted by molar-refractivity contribution is 5.99. The van der Waals surface area contributed by atoms with Crippen LogP contribution in [0.2, 0.25) is 0 Å². The average Bonchev–Trinajstić information content (AvgIpc) is 3.63. The number of alkyl halides is 2.